The molecule has 0 N–H and O–H groups in total. The van der Waals surface area contributed by atoms with E-state index in [-0.39, 0.29) is 0 Å². The minimum atomic E-state index is 0.586. The van der Waals surface area contributed by atoms with Crippen LogP contribution in [0.25, 0.3) is 284 Å². The van der Waals surface area contributed by atoms with Gasteiger partial charge in [-0.2, -0.15) is 9.97 Å². The van der Waals surface area contributed by atoms with E-state index < -0.39 is 0 Å². The molecule has 0 aliphatic rings. The average molecular weight is 1920 g/mol. The van der Waals surface area contributed by atoms with Gasteiger partial charge in [0, 0.05) is 109 Å². The Bertz CT molecular complexity index is 10400. The topological polar surface area (TPSA) is 170 Å². The zero-order valence-electron chi connectivity index (χ0n) is 80.6. The van der Waals surface area contributed by atoms with Gasteiger partial charge in [0.1, 0.15) is 33.5 Å². The summed E-state index contributed by atoms with van der Waals surface area (Å²) in [7, 11) is 0. The smallest absolute Gasteiger partial charge is 0.238 e. The third-order valence-electron chi connectivity index (χ3n) is 28.4. The van der Waals surface area contributed by atoms with Crippen molar-refractivity contribution in [3.63, 3.8) is 0 Å². The molecule has 702 valence electrons. The van der Waals surface area contributed by atoms with E-state index in [1.807, 2.05) is 194 Å². The molecular weight excluding hydrogens is 1840 g/mol. The molecule has 21 aromatic carbocycles. The third-order valence-corrected chi connectivity index (χ3v) is 28.4. The summed E-state index contributed by atoms with van der Waals surface area (Å²) in [6.45, 7) is 0. The molecule has 0 aliphatic heterocycles. The highest BCUT2D eigenvalue weighted by Crippen LogP contribution is 2.46. The number of rotatable bonds is 15. The van der Waals surface area contributed by atoms with E-state index in [4.69, 9.17) is 58.1 Å². The predicted molar refractivity (Wildman–Crippen MR) is 610 cm³/mol. The van der Waals surface area contributed by atoms with Crippen LogP contribution in [0.2, 0.25) is 0 Å². The molecule has 0 spiro atoms. The monoisotopic (exact) mass is 1920 g/mol. The zero-order chi connectivity index (χ0) is 99.1. The summed E-state index contributed by atoms with van der Waals surface area (Å²) in [6, 6.07) is 176. The van der Waals surface area contributed by atoms with Crippen molar-refractivity contribution >= 4 is 131 Å². The highest BCUT2D eigenvalue weighted by atomic mass is 16.3. The van der Waals surface area contributed by atoms with E-state index in [0.29, 0.717) is 52.5 Å². The molecule has 0 fully saturated rings. The van der Waals surface area contributed by atoms with Gasteiger partial charge in [-0.05, 0) is 184 Å². The van der Waals surface area contributed by atoms with Gasteiger partial charge in [-0.15, -0.1) is 0 Å². The molecule has 0 unspecified atom stereocenters. The first-order valence-corrected chi connectivity index (χ1v) is 50.1. The van der Waals surface area contributed by atoms with Crippen LogP contribution in [0.5, 0.6) is 0 Å². The molecule has 30 aromatic rings. The van der Waals surface area contributed by atoms with E-state index in [1.54, 1.807) is 0 Å². The summed E-state index contributed by atoms with van der Waals surface area (Å²) in [6.07, 6.45) is 0. The van der Waals surface area contributed by atoms with Gasteiger partial charge in [-0.25, -0.2) is 34.9 Å². The number of benzene rings is 21. The second-order valence-corrected chi connectivity index (χ2v) is 37.4. The lowest BCUT2D eigenvalue weighted by atomic mass is 10.0. The Balaban J connectivity index is 0.000000109. The van der Waals surface area contributed by atoms with E-state index >= 15 is 0 Å². The minimum Gasteiger partial charge on any atom is -0.456 e. The summed E-state index contributed by atoms with van der Waals surface area (Å²) < 4.78 is 25.2. The van der Waals surface area contributed by atoms with Gasteiger partial charge in [0.05, 0.1) is 44.5 Å². The van der Waals surface area contributed by atoms with Gasteiger partial charge < -0.3 is 22.4 Å². The van der Waals surface area contributed by atoms with Crippen LogP contribution in [0.4, 0.5) is 0 Å². The van der Waals surface area contributed by atoms with Crippen LogP contribution in [0.15, 0.2) is 523 Å². The summed E-state index contributed by atoms with van der Waals surface area (Å²) >= 11 is 0. The Morgan fingerprint density at radius 1 is 0.127 bits per heavy atom. The number of nitrogens with zero attached hydrogens (tertiary/aromatic N) is 12. The van der Waals surface area contributed by atoms with Crippen molar-refractivity contribution < 1.29 is 13.3 Å². The molecule has 0 saturated heterocycles. The lowest BCUT2D eigenvalue weighted by Crippen LogP contribution is -2.06. The van der Waals surface area contributed by atoms with Crippen molar-refractivity contribution in [3.05, 3.63) is 510 Å². The van der Waals surface area contributed by atoms with Gasteiger partial charge in [0.15, 0.2) is 46.6 Å². The fourth-order valence-electron chi connectivity index (χ4n) is 21.3. The fourth-order valence-corrected chi connectivity index (χ4v) is 21.3. The van der Waals surface area contributed by atoms with Crippen molar-refractivity contribution in [3.8, 4) is 153 Å². The van der Waals surface area contributed by atoms with Crippen LogP contribution in [0, 0.1) is 0 Å². The van der Waals surface area contributed by atoms with Gasteiger partial charge in [-0.3, -0.25) is 4.57 Å². The quantitative estimate of drug-likeness (QED) is 0.0953. The van der Waals surface area contributed by atoms with Crippen molar-refractivity contribution in [1.29, 1.82) is 0 Å². The molecule has 0 saturated carbocycles. The summed E-state index contributed by atoms with van der Waals surface area (Å²) in [5.41, 5.74) is 30.5. The van der Waals surface area contributed by atoms with Gasteiger partial charge >= 0.3 is 0 Å². The van der Waals surface area contributed by atoms with Crippen LogP contribution < -0.4 is 0 Å². The first-order valence-electron chi connectivity index (χ1n) is 50.1. The van der Waals surface area contributed by atoms with E-state index in [9.17, 15) is 0 Å². The predicted octanol–water partition coefficient (Wildman–Crippen LogP) is 34.6. The lowest BCUT2D eigenvalue weighted by Gasteiger charge is -2.15. The molecule has 9 aromatic heterocycles. The fraction of sp³-hybridized carbons (Fsp3) is 0. The first-order chi connectivity index (χ1) is 74.3. The highest BCUT2D eigenvalue weighted by Gasteiger charge is 2.27. The van der Waals surface area contributed by atoms with Crippen molar-refractivity contribution in [2.24, 2.45) is 0 Å². The maximum atomic E-state index is 6.14. The number of aromatic nitrogens is 12. The SMILES string of the molecule is c1ccc(-c2cccc(-c3nc(-c4ccccc4)nc(-c4ccccc4-n4c5ccccc5c5cc(-c6ccc7oc8ccccc8c7c6)ccc54)n3)c2)cc1.c1ccc(-c2nc(-c3ccccc3)nc(-c3ccccc3-n3c4ccccc4c4cc(-c5ccc6oc7ccccc7c6c5)ccc43)n2)cc1.c1ccc(-c2nc(-c3ccccc3)nc(-n3c4ccccc4c4cc(-c5ccc6oc7ccccc7c6c5)ccc43)n2)cc1. The molecular formula is C135H84N12O3. The number of hydrogen-bond donors (Lipinski definition) is 0. The second kappa shape index (κ2) is 37.0. The zero-order valence-corrected chi connectivity index (χ0v) is 80.6. The average Bonchev–Trinajstić information content (AvgIpc) is 1.58. The lowest BCUT2D eigenvalue weighted by molar-refractivity contribution is 0.668. The number of furan rings is 3. The molecule has 0 aliphatic carbocycles. The van der Waals surface area contributed by atoms with Crippen molar-refractivity contribution in [2.75, 3.05) is 0 Å². The van der Waals surface area contributed by atoms with Crippen LogP contribution in [0.1, 0.15) is 0 Å². The molecule has 150 heavy (non-hydrogen) atoms. The highest BCUT2D eigenvalue weighted by molar-refractivity contribution is 6.16. The van der Waals surface area contributed by atoms with Crippen LogP contribution in [0.3, 0.4) is 0 Å². The summed E-state index contributed by atoms with van der Waals surface area (Å²) in [4.78, 5) is 45.5. The Hall–Kier alpha value is -20.6. The molecule has 15 nitrogen and oxygen atoms in total. The maximum Gasteiger partial charge on any atom is 0.238 e. The van der Waals surface area contributed by atoms with Crippen molar-refractivity contribution in [2.45, 2.75) is 0 Å². The standard InChI is InChI=1S/C51H32N4O.C45H28N4O.C39H24N4O/c1-3-14-33(15-4-1)35-18-13-19-38(30-35)50-52-49(34-16-5-2-6-17-34)53-51(54-50)41-22-8-11-24-45(41)55-44-23-10-7-20-39(44)42-31-36(26-28-46(42)55)37-27-29-48-43(32-37)40-21-9-12-25-47(40)56-48;1-3-13-29(14-4-1)43-46-44(30-15-5-2-6-16-30)48-45(47-43)35-19-8-11-21-39(35)49-38-20-10-7-17-33(38)36-27-31(23-25-40(36)49)32-24-26-42-37(28-32)34-18-9-12-22-41(34)50-42;1-3-11-25(12-4-1)37-40-38(26-13-5-2-6-14-26)42-39(41-37)43-33-17-9-7-15-29(33)31-23-27(19-21-34(31)43)28-20-22-36-32(24-28)30-16-8-10-18-35(30)44-36/h1-32H;1-28H;1-24H. The van der Waals surface area contributed by atoms with E-state index in [2.05, 4.69) is 329 Å². The Kier molecular flexibility index (Phi) is 21.5. The first kappa shape index (κ1) is 87.3. The van der Waals surface area contributed by atoms with Crippen LogP contribution in [-0.2, 0) is 0 Å². The molecule has 0 radical (unpaired) electrons. The van der Waals surface area contributed by atoms with Gasteiger partial charge in [-0.1, -0.05) is 370 Å². The van der Waals surface area contributed by atoms with Gasteiger partial charge in [0.2, 0.25) is 5.95 Å². The summed E-state index contributed by atoms with van der Waals surface area (Å²) in [5, 5.41) is 13.7. The Morgan fingerprint density at radius 3 is 0.707 bits per heavy atom. The number of fused-ring (bicyclic) bond motifs is 18. The normalized spacial score (nSPS) is 11.6. The van der Waals surface area contributed by atoms with Gasteiger partial charge in [0.25, 0.3) is 0 Å². The van der Waals surface area contributed by atoms with Crippen LogP contribution in [-0.4, -0.2) is 58.6 Å². The Morgan fingerprint density at radius 2 is 0.353 bits per heavy atom. The third kappa shape index (κ3) is 15.8. The molecule has 0 amide bonds. The molecule has 30 rings (SSSR count). The molecule has 0 atom stereocenters. The van der Waals surface area contributed by atoms with Crippen molar-refractivity contribution in [1.82, 2.24) is 58.6 Å². The maximum absolute atomic E-state index is 6.14. The largest absolute Gasteiger partial charge is 0.456 e. The van der Waals surface area contributed by atoms with Crippen LogP contribution >= 0.6 is 0 Å². The minimum absolute atomic E-state index is 0.586. The second-order valence-electron chi connectivity index (χ2n) is 37.4. The molecule has 15 heteroatoms. The number of hydrogen-bond acceptors (Lipinski definition) is 12. The van der Waals surface area contributed by atoms with E-state index in [1.165, 1.54) is 21.5 Å². The Labute approximate surface area is 859 Å². The summed E-state index contributed by atoms with van der Waals surface area (Å²) in [5.74, 6) is 5.61. The molecule has 0 bridgehead atoms. The molecule has 9 heterocycles. The number of para-hydroxylation sites is 8. The van der Waals surface area contributed by atoms with E-state index in [0.717, 1.165) is 210 Å².